The molecule has 0 bridgehead atoms. The lowest BCUT2D eigenvalue weighted by atomic mass is 10.1. The van der Waals surface area contributed by atoms with Crippen molar-refractivity contribution in [1.29, 1.82) is 0 Å². The van der Waals surface area contributed by atoms with Crippen LogP contribution in [0.3, 0.4) is 0 Å². The molecule has 0 unspecified atom stereocenters. The molecule has 4 heteroatoms. The zero-order valence-electron chi connectivity index (χ0n) is 11.8. The fraction of sp³-hybridized carbons (Fsp3) is 0.533. The van der Waals surface area contributed by atoms with E-state index < -0.39 is 5.60 Å². The van der Waals surface area contributed by atoms with Crippen LogP contribution in [0.25, 0.3) is 0 Å². The van der Waals surface area contributed by atoms with E-state index in [1.165, 1.54) is 11.1 Å². The summed E-state index contributed by atoms with van der Waals surface area (Å²) >= 11 is 0. The first-order chi connectivity index (χ1) is 8.94. The Morgan fingerprint density at radius 1 is 1.32 bits per heavy atom. The van der Waals surface area contributed by atoms with Crippen molar-refractivity contribution >= 4 is 11.7 Å². The van der Waals surface area contributed by atoms with Gasteiger partial charge in [0.05, 0.1) is 19.6 Å². The van der Waals surface area contributed by atoms with Crippen molar-refractivity contribution in [2.45, 2.75) is 46.0 Å². The Kier molecular flexibility index (Phi) is 4.10. The summed E-state index contributed by atoms with van der Waals surface area (Å²) in [5, 5.41) is 3.23. The van der Waals surface area contributed by atoms with Crippen molar-refractivity contribution in [3.63, 3.8) is 0 Å². The second kappa shape index (κ2) is 5.61. The summed E-state index contributed by atoms with van der Waals surface area (Å²) in [5.41, 5.74) is 3.08. The van der Waals surface area contributed by atoms with Crippen molar-refractivity contribution in [1.82, 2.24) is 0 Å². The smallest absolute Gasteiger partial charge is 0.308 e. The van der Waals surface area contributed by atoms with Crippen LogP contribution in [-0.2, 0) is 27.5 Å². The van der Waals surface area contributed by atoms with Gasteiger partial charge in [-0.3, -0.25) is 4.79 Å². The number of carbonyl (C=O) groups excluding carboxylic acids is 1. The number of nitrogens with one attached hydrogen (secondary N) is 1. The Balaban J connectivity index is 1.78. The van der Waals surface area contributed by atoms with Crippen molar-refractivity contribution in [2.24, 2.45) is 0 Å². The highest BCUT2D eigenvalue weighted by atomic mass is 16.6. The topological polar surface area (TPSA) is 47.6 Å². The molecule has 1 N–H and O–H groups in total. The number of anilines is 1. The molecule has 0 atom stereocenters. The molecule has 0 saturated carbocycles. The predicted octanol–water partition coefficient (Wildman–Crippen LogP) is 2.86. The molecule has 0 aromatic heterocycles. The summed E-state index contributed by atoms with van der Waals surface area (Å²) in [7, 11) is 0. The fourth-order valence-electron chi connectivity index (χ4n) is 1.98. The minimum Gasteiger partial charge on any atom is -0.460 e. The van der Waals surface area contributed by atoms with Gasteiger partial charge in [0.15, 0.2) is 0 Å². The van der Waals surface area contributed by atoms with Crippen LogP contribution in [-0.4, -0.2) is 18.1 Å². The van der Waals surface area contributed by atoms with Crippen LogP contribution in [0.4, 0.5) is 5.69 Å². The lowest BCUT2D eigenvalue weighted by Gasteiger charge is -2.19. The van der Waals surface area contributed by atoms with Crippen LogP contribution in [0, 0.1) is 0 Å². The van der Waals surface area contributed by atoms with E-state index in [0.717, 1.165) is 5.69 Å². The SMILES string of the molecule is CC(C)(C)OC(=O)CCNc1ccc2c(c1)COC2. The van der Waals surface area contributed by atoms with Crippen LogP contribution < -0.4 is 5.32 Å². The first kappa shape index (κ1) is 13.9. The average Bonchev–Trinajstić information content (AvgIpc) is 2.73. The van der Waals surface area contributed by atoms with E-state index >= 15 is 0 Å². The number of rotatable bonds is 4. The van der Waals surface area contributed by atoms with E-state index in [2.05, 4.69) is 17.4 Å². The van der Waals surface area contributed by atoms with E-state index in [-0.39, 0.29) is 5.97 Å². The number of ether oxygens (including phenoxy) is 2. The van der Waals surface area contributed by atoms with Crippen LogP contribution in [0.2, 0.25) is 0 Å². The van der Waals surface area contributed by atoms with Gasteiger partial charge in [0.2, 0.25) is 0 Å². The van der Waals surface area contributed by atoms with Crippen molar-refractivity contribution in [3.05, 3.63) is 29.3 Å². The number of hydrogen-bond donors (Lipinski definition) is 1. The molecule has 4 nitrogen and oxygen atoms in total. The molecule has 0 saturated heterocycles. The Hall–Kier alpha value is -1.55. The van der Waals surface area contributed by atoms with Crippen LogP contribution in [0.1, 0.15) is 38.3 Å². The second-order valence-electron chi connectivity index (χ2n) is 5.74. The van der Waals surface area contributed by atoms with Crippen molar-refractivity contribution < 1.29 is 14.3 Å². The average molecular weight is 263 g/mol. The quantitative estimate of drug-likeness (QED) is 0.849. The van der Waals surface area contributed by atoms with Gasteiger partial charge in [-0.05, 0) is 44.0 Å². The third kappa shape index (κ3) is 4.24. The van der Waals surface area contributed by atoms with E-state index in [4.69, 9.17) is 9.47 Å². The first-order valence-electron chi connectivity index (χ1n) is 6.59. The van der Waals surface area contributed by atoms with Gasteiger partial charge < -0.3 is 14.8 Å². The van der Waals surface area contributed by atoms with E-state index in [1.54, 1.807) is 0 Å². The molecule has 0 radical (unpaired) electrons. The number of fused-ring (bicyclic) bond motifs is 1. The third-order valence-corrected chi connectivity index (χ3v) is 2.80. The van der Waals surface area contributed by atoms with Gasteiger partial charge in [0, 0.05) is 12.2 Å². The lowest BCUT2D eigenvalue weighted by Crippen LogP contribution is -2.25. The minimum absolute atomic E-state index is 0.176. The largest absolute Gasteiger partial charge is 0.460 e. The maximum Gasteiger partial charge on any atom is 0.308 e. The summed E-state index contributed by atoms with van der Waals surface area (Å²) in [6.45, 7) is 7.58. The standard InChI is InChI=1S/C15H21NO3/c1-15(2,3)19-14(17)6-7-16-13-5-4-11-9-18-10-12(11)8-13/h4-5,8,16H,6-7,9-10H2,1-3H3. The van der Waals surface area contributed by atoms with Crippen molar-refractivity contribution in [3.8, 4) is 0 Å². The summed E-state index contributed by atoms with van der Waals surface area (Å²) in [5.74, 6) is -0.176. The highest BCUT2D eigenvalue weighted by Crippen LogP contribution is 2.23. The molecule has 0 amide bonds. The monoisotopic (exact) mass is 263 g/mol. The van der Waals surface area contributed by atoms with Crippen molar-refractivity contribution in [2.75, 3.05) is 11.9 Å². The van der Waals surface area contributed by atoms with Gasteiger partial charge in [-0.25, -0.2) is 0 Å². The zero-order chi connectivity index (χ0) is 13.9. The molecule has 1 aliphatic rings. The minimum atomic E-state index is -0.415. The highest BCUT2D eigenvalue weighted by Gasteiger charge is 2.16. The van der Waals surface area contributed by atoms with Gasteiger partial charge in [-0.2, -0.15) is 0 Å². The molecule has 104 valence electrons. The molecular weight excluding hydrogens is 242 g/mol. The first-order valence-corrected chi connectivity index (χ1v) is 6.59. The fourth-order valence-corrected chi connectivity index (χ4v) is 1.98. The Morgan fingerprint density at radius 2 is 2.05 bits per heavy atom. The predicted molar refractivity (Wildman–Crippen MR) is 73.9 cm³/mol. The van der Waals surface area contributed by atoms with E-state index in [0.29, 0.717) is 26.2 Å². The molecule has 2 rings (SSSR count). The molecular formula is C15H21NO3. The maximum absolute atomic E-state index is 11.6. The highest BCUT2D eigenvalue weighted by molar-refractivity contribution is 5.70. The summed E-state index contributed by atoms with van der Waals surface area (Å²) in [4.78, 5) is 11.6. The van der Waals surface area contributed by atoms with Gasteiger partial charge >= 0.3 is 5.97 Å². The van der Waals surface area contributed by atoms with E-state index in [9.17, 15) is 4.79 Å². The Labute approximate surface area is 114 Å². The number of benzene rings is 1. The van der Waals surface area contributed by atoms with Crippen LogP contribution in [0.5, 0.6) is 0 Å². The number of carbonyl (C=O) groups is 1. The normalized spacial score (nSPS) is 14.1. The summed E-state index contributed by atoms with van der Waals surface area (Å²) < 4.78 is 10.6. The molecule has 1 aromatic carbocycles. The Bertz CT molecular complexity index is 463. The number of esters is 1. The van der Waals surface area contributed by atoms with Gasteiger partial charge in [-0.15, -0.1) is 0 Å². The maximum atomic E-state index is 11.6. The second-order valence-corrected chi connectivity index (χ2v) is 5.74. The molecule has 1 heterocycles. The van der Waals surface area contributed by atoms with Gasteiger partial charge in [0.1, 0.15) is 5.60 Å². The molecule has 0 fully saturated rings. The summed E-state index contributed by atoms with van der Waals surface area (Å²) in [6.07, 6.45) is 0.366. The molecule has 1 aliphatic heterocycles. The molecule has 0 spiro atoms. The summed E-state index contributed by atoms with van der Waals surface area (Å²) in [6, 6.07) is 6.16. The molecule has 1 aromatic rings. The molecule has 19 heavy (non-hydrogen) atoms. The molecule has 0 aliphatic carbocycles. The van der Waals surface area contributed by atoms with Gasteiger partial charge in [0.25, 0.3) is 0 Å². The van der Waals surface area contributed by atoms with Crippen LogP contribution in [0.15, 0.2) is 18.2 Å². The third-order valence-electron chi connectivity index (χ3n) is 2.80. The van der Waals surface area contributed by atoms with Crippen LogP contribution >= 0.6 is 0 Å². The lowest BCUT2D eigenvalue weighted by molar-refractivity contribution is -0.154. The van der Waals surface area contributed by atoms with Gasteiger partial charge in [-0.1, -0.05) is 6.07 Å². The Morgan fingerprint density at radius 3 is 2.79 bits per heavy atom. The van der Waals surface area contributed by atoms with E-state index in [1.807, 2.05) is 26.8 Å². The number of hydrogen-bond acceptors (Lipinski definition) is 4. The zero-order valence-corrected chi connectivity index (χ0v) is 11.8.